The molecule has 1 aromatic heterocycles. The molecule has 0 saturated carbocycles. The van der Waals surface area contributed by atoms with Crippen molar-refractivity contribution in [2.24, 2.45) is 0 Å². The van der Waals surface area contributed by atoms with Crippen LogP contribution >= 0.6 is 0 Å². The monoisotopic (exact) mass is 327 g/mol. The maximum absolute atomic E-state index is 11.8. The van der Waals surface area contributed by atoms with Gasteiger partial charge >= 0.3 is 17.8 Å². The summed E-state index contributed by atoms with van der Waals surface area (Å²) in [5, 5.41) is 1.86. The smallest absolute Gasteiger partial charge is 0.414 e. The third-order valence-corrected chi connectivity index (χ3v) is 2.60. The summed E-state index contributed by atoms with van der Waals surface area (Å²) in [4.78, 5) is 58.9. The maximum atomic E-state index is 11.8. The van der Waals surface area contributed by atoms with Crippen LogP contribution in [-0.4, -0.2) is 40.7 Å². The number of aryl methyl sites for hydroxylation is 1. The number of hydrogen-bond donors (Lipinski definition) is 2. The van der Waals surface area contributed by atoms with Crippen molar-refractivity contribution in [2.45, 2.75) is 26.8 Å². The van der Waals surface area contributed by atoms with E-state index in [-0.39, 0.29) is 19.8 Å². The van der Waals surface area contributed by atoms with Crippen molar-refractivity contribution < 1.29 is 23.9 Å². The minimum Gasteiger partial charge on any atom is -0.466 e. The van der Waals surface area contributed by atoms with Gasteiger partial charge in [-0.15, -0.1) is 0 Å². The van der Waals surface area contributed by atoms with Gasteiger partial charge in [0, 0.05) is 19.7 Å². The number of aromatic nitrogens is 2. The van der Waals surface area contributed by atoms with E-state index in [1.165, 1.54) is 6.92 Å². The van der Waals surface area contributed by atoms with Crippen LogP contribution in [-0.2, 0) is 20.8 Å². The summed E-state index contributed by atoms with van der Waals surface area (Å²) in [5.74, 6) is -1.44. The highest BCUT2D eigenvalue weighted by atomic mass is 16.5. The summed E-state index contributed by atoms with van der Waals surface area (Å²) in [6, 6.07) is 0. The Morgan fingerprint density at radius 2 is 1.96 bits per heavy atom. The number of alkyl carbamates (subject to hydrolysis) is 1. The van der Waals surface area contributed by atoms with Crippen LogP contribution in [0.4, 0.5) is 4.79 Å². The number of carbonyl (C=O) groups excluding carboxylic acids is 3. The Hall–Kier alpha value is -2.91. The van der Waals surface area contributed by atoms with Gasteiger partial charge in [0.2, 0.25) is 0 Å². The molecule has 0 atom stereocenters. The molecule has 0 bridgehead atoms. The summed E-state index contributed by atoms with van der Waals surface area (Å²) >= 11 is 0. The van der Waals surface area contributed by atoms with Crippen LogP contribution in [0.1, 0.15) is 30.6 Å². The molecule has 0 aliphatic heterocycles. The van der Waals surface area contributed by atoms with Crippen LogP contribution < -0.4 is 16.6 Å². The first-order valence-corrected chi connectivity index (χ1v) is 6.80. The molecule has 0 unspecified atom stereocenters. The molecule has 10 heteroatoms. The molecule has 0 saturated heterocycles. The SMILES string of the molecule is CCOC(=O)NC(=O)c1cn(CCCOC(C)=O)c(=O)[nH]c1=O. The molecule has 0 fully saturated rings. The van der Waals surface area contributed by atoms with Gasteiger partial charge in [-0.05, 0) is 13.3 Å². The molecule has 126 valence electrons. The summed E-state index contributed by atoms with van der Waals surface area (Å²) in [6.07, 6.45) is 0.345. The molecular weight excluding hydrogens is 310 g/mol. The Kier molecular flexibility index (Phi) is 6.71. The molecule has 1 rings (SSSR count). The number of amides is 2. The lowest BCUT2D eigenvalue weighted by molar-refractivity contribution is -0.141. The van der Waals surface area contributed by atoms with Crippen molar-refractivity contribution in [2.75, 3.05) is 13.2 Å². The zero-order valence-electron chi connectivity index (χ0n) is 12.7. The molecule has 0 aliphatic rings. The van der Waals surface area contributed by atoms with Crippen molar-refractivity contribution >= 4 is 18.0 Å². The fourth-order valence-corrected chi connectivity index (χ4v) is 1.62. The van der Waals surface area contributed by atoms with Gasteiger partial charge in [0.25, 0.3) is 11.5 Å². The van der Waals surface area contributed by atoms with Crippen molar-refractivity contribution in [1.82, 2.24) is 14.9 Å². The summed E-state index contributed by atoms with van der Waals surface area (Å²) < 4.78 is 10.3. The predicted octanol–water partition coefficient (Wildman–Crippen LogP) is -0.624. The lowest BCUT2D eigenvalue weighted by atomic mass is 10.3. The molecule has 2 N–H and O–H groups in total. The van der Waals surface area contributed by atoms with E-state index in [4.69, 9.17) is 4.74 Å². The Morgan fingerprint density at radius 1 is 1.26 bits per heavy atom. The minimum atomic E-state index is -0.996. The Labute approximate surface area is 130 Å². The standard InChI is InChI=1S/C13H17N3O7/c1-3-22-13(21)15-11(19)9-7-16(12(20)14-10(9)18)5-4-6-23-8(2)17/h7H,3-6H2,1-2H3,(H,14,18,20)(H,15,19,21). The molecular formula is C13H17N3O7. The summed E-state index contributed by atoms with van der Waals surface area (Å²) in [6.45, 7) is 3.07. The number of nitrogens with one attached hydrogen (secondary N) is 2. The number of H-pyrrole nitrogens is 1. The first kappa shape index (κ1) is 18.1. The van der Waals surface area contributed by atoms with Crippen LogP contribution in [0.3, 0.4) is 0 Å². The van der Waals surface area contributed by atoms with Gasteiger partial charge in [0.15, 0.2) is 0 Å². The second-order valence-electron chi connectivity index (χ2n) is 4.36. The van der Waals surface area contributed by atoms with Gasteiger partial charge in [-0.1, -0.05) is 0 Å². The van der Waals surface area contributed by atoms with E-state index in [1.807, 2.05) is 10.3 Å². The second-order valence-corrected chi connectivity index (χ2v) is 4.36. The highest BCUT2D eigenvalue weighted by molar-refractivity contribution is 6.02. The average Bonchev–Trinajstić information content (AvgIpc) is 2.45. The lowest BCUT2D eigenvalue weighted by Gasteiger charge is -2.08. The fraction of sp³-hybridized carbons (Fsp3) is 0.462. The average molecular weight is 327 g/mol. The van der Waals surface area contributed by atoms with Gasteiger partial charge in [0.1, 0.15) is 5.56 Å². The molecule has 1 heterocycles. The molecule has 2 amide bonds. The number of nitrogens with zero attached hydrogens (tertiary/aromatic N) is 1. The van der Waals surface area contributed by atoms with Crippen molar-refractivity contribution in [3.05, 3.63) is 32.6 Å². The van der Waals surface area contributed by atoms with Gasteiger partial charge < -0.3 is 9.47 Å². The van der Waals surface area contributed by atoms with Crippen LogP contribution in [0.5, 0.6) is 0 Å². The number of hydrogen-bond acceptors (Lipinski definition) is 7. The topological polar surface area (TPSA) is 137 Å². The van der Waals surface area contributed by atoms with E-state index in [0.29, 0.717) is 6.42 Å². The lowest BCUT2D eigenvalue weighted by Crippen LogP contribution is -2.39. The van der Waals surface area contributed by atoms with Crippen molar-refractivity contribution in [1.29, 1.82) is 0 Å². The van der Waals surface area contributed by atoms with E-state index in [2.05, 4.69) is 4.74 Å². The number of carbonyl (C=O) groups is 3. The zero-order chi connectivity index (χ0) is 17.4. The van der Waals surface area contributed by atoms with Crippen LogP contribution in [0.2, 0.25) is 0 Å². The Bertz CT molecular complexity index is 704. The maximum Gasteiger partial charge on any atom is 0.414 e. The molecule has 10 nitrogen and oxygen atoms in total. The largest absolute Gasteiger partial charge is 0.466 e. The highest BCUT2D eigenvalue weighted by Gasteiger charge is 2.16. The predicted molar refractivity (Wildman–Crippen MR) is 77.1 cm³/mol. The Balaban J connectivity index is 2.84. The first-order chi connectivity index (χ1) is 10.8. The summed E-state index contributed by atoms with van der Waals surface area (Å²) in [5.41, 5.74) is -2.05. The first-order valence-electron chi connectivity index (χ1n) is 6.80. The Morgan fingerprint density at radius 3 is 2.57 bits per heavy atom. The van der Waals surface area contributed by atoms with E-state index < -0.39 is 34.8 Å². The third kappa shape index (κ3) is 5.77. The van der Waals surface area contributed by atoms with Crippen LogP contribution in [0.15, 0.2) is 15.8 Å². The number of imide groups is 1. The van der Waals surface area contributed by atoms with Gasteiger partial charge in [0.05, 0.1) is 13.2 Å². The quantitative estimate of drug-likeness (QED) is 0.524. The van der Waals surface area contributed by atoms with E-state index >= 15 is 0 Å². The van der Waals surface area contributed by atoms with Crippen molar-refractivity contribution in [3.8, 4) is 0 Å². The molecule has 0 aliphatic carbocycles. The van der Waals surface area contributed by atoms with E-state index in [0.717, 1.165) is 10.8 Å². The molecule has 0 aromatic carbocycles. The number of rotatable bonds is 6. The molecule has 23 heavy (non-hydrogen) atoms. The van der Waals surface area contributed by atoms with Gasteiger partial charge in [-0.25, -0.2) is 9.59 Å². The normalized spacial score (nSPS) is 10.0. The second kappa shape index (κ2) is 8.51. The molecule has 0 radical (unpaired) electrons. The van der Waals surface area contributed by atoms with Crippen molar-refractivity contribution in [3.63, 3.8) is 0 Å². The van der Waals surface area contributed by atoms with E-state index in [9.17, 15) is 24.0 Å². The minimum absolute atomic E-state index is 0.0606. The van der Waals surface area contributed by atoms with E-state index in [1.54, 1.807) is 6.92 Å². The zero-order valence-corrected chi connectivity index (χ0v) is 12.7. The highest BCUT2D eigenvalue weighted by Crippen LogP contribution is 1.93. The number of esters is 1. The number of aromatic amines is 1. The fourth-order valence-electron chi connectivity index (χ4n) is 1.62. The third-order valence-electron chi connectivity index (χ3n) is 2.60. The molecule has 1 aromatic rings. The van der Waals surface area contributed by atoms with Gasteiger partial charge in [-0.3, -0.25) is 29.3 Å². The van der Waals surface area contributed by atoms with Crippen LogP contribution in [0, 0.1) is 0 Å². The number of ether oxygens (including phenoxy) is 2. The summed E-state index contributed by atoms with van der Waals surface area (Å²) in [7, 11) is 0. The van der Waals surface area contributed by atoms with Gasteiger partial charge in [-0.2, -0.15) is 0 Å². The van der Waals surface area contributed by atoms with Crippen LogP contribution in [0.25, 0.3) is 0 Å². The molecule has 0 spiro atoms.